The van der Waals surface area contributed by atoms with Gasteiger partial charge in [0.2, 0.25) is 0 Å². The molecule has 17 heavy (non-hydrogen) atoms. The molecule has 4 heteroatoms. The molecule has 0 saturated heterocycles. The quantitative estimate of drug-likeness (QED) is 0.847. The Morgan fingerprint density at radius 2 is 2.35 bits per heavy atom. The molecule has 1 aliphatic rings. The second-order valence-corrected chi connectivity index (χ2v) is 4.25. The summed E-state index contributed by atoms with van der Waals surface area (Å²) < 4.78 is 2.18. The largest absolute Gasteiger partial charge is 0.366 e. The summed E-state index contributed by atoms with van der Waals surface area (Å²) in [6.07, 6.45) is 5.56. The van der Waals surface area contributed by atoms with Crippen LogP contribution in [0.5, 0.6) is 0 Å². The zero-order valence-electron chi connectivity index (χ0n) is 9.39. The Bertz CT molecular complexity index is 572. The molecular weight excluding hydrogens is 214 g/mol. The second kappa shape index (κ2) is 3.73. The first-order valence-corrected chi connectivity index (χ1v) is 5.70. The lowest BCUT2D eigenvalue weighted by molar-refractivity contribution is 0.0999. The number of fused-ring (bicyclic) bond motifs is 1. The number of nitrogens with zero attached hydrogens (tertiary/aromatic N) is 2. The van der Waals surface area contributed by atoms with E-state index in [4.69, 9.17) is 5.73 Å². The van der Waals surface area contributed by atoms with Gasteiger partial charge in [0.1, 0.15) is 0 Å². The number of nitrogens with two attached hydrogens (primary N) is 1. The topological polar surface area (TPSA) is 60.9 Å². The summed E-state index contributed by atoms with van der Waals surface area (Å²) in [5.74, 6) is -0.342. The molecule has 3 heterocycles. The SMILES string of the molecule is NC(=O)c1cc(-c2cccnc2)n2c1CCC2. The van der Waals surface area contributed by atoms with E-state index in [2.05, 4.69) is 9.55 Å². The van der Waals surface area contributed by atoms with Gasteiger partial charge in [-0.3, -0.25) is 9.78 Å². The lowest BCUT2D eigenvalue weighted by Gasteiger charge is -2.04. The van der Waals surface area contributed by atoms with E-state index in [9.17, 15) is 4.79 Å². The van der Waals surface area contributed by atoms with Crippen LogP contribution in [0, 0.1) is 0 Å². The highest BCUT2D eigenvalue weighted by Gasteiger charge is 2.22. The molecule has 0 radical (unpaired) electrons. The molecule has 2 aromatic heterocycles. The molecule has 86 valence electrons. The van der Waals surface area contributed by atoms with Crippen molar-refractivity contribution in [1.82, 2.24) is 9.55 Å². The monoisotopic (exact) mass is 227 g/mol. The summed E-state index contributed by atoms with van der Waals surface area (Å²) in [5, 5.41) is 0. The van der Waals surface area contributed by atoms with Gasteiger partial charge < -0.3 is 10.3 Å². The van der Waals surface area contributed by atoms with E-state index < -0.39 is 0 Å². The van der Waals surface area contributed by atoms with Crippen LogP contribution < -0.4 is 5.73 Å². The summed E-state index contributed by atoms with van der Waals surface area (Å²) in [6, 6.07) is 5.78. The lowest BCUT2D eigenvalue weighted by atomic mass is 10.1. The Kier molecular flexibility index (Phi) is 2.21. The highest BCUT2D eigenvalue weighted by Crippen LogP contribution is 2.30. The van der Waals surface area contributed by atoms with Crippen LogP contribution in [0.3, 0.4) is 0 Å². The van der Waals surface area contributed by atoms with Gasteiger partial charge >= 0.3 is 0 Å². The maximum atomic E-state index is 11.4. The molecule has 0 spiro atoms. The number of hydrogen-bond donors (Lipinski definition) is 1. The van der Waals surface area contributed by atoms with Crippen molar-refractivity contribution < 1.29 is 4.79 Å². The second-order valence-electron chi connectivity index (χ2n) is 4.25. The molecule has 0 atom stereocenters. The molecule has 1 amide bonds. The first-order chi connectivity index (χ1) is 8.27. The van der Waals surface area contributed by atoms with Crippen molar-refractivity contribution in [3.05, 3.63) is 41.9 Å². The predicted octanol–water partition coefficient (Wildman–Crippen LogP) is 1.60. The first-order valence-electron chi connectivity index (χ1n) is 5.70. The van der Waals surface area contributed by atoms with Crippen molar-refractivity contribution >= 4 is 5.91 Å². The van der Waals surface area contributed by atoms with Gasteiger partial charge in [0, 0.05) is 30.2 Å². The maximum absolute atomic E-state index is 11.4. The van der Waals surface area contributed by atoms with Crippen LogP contribution in [-0.2, 0) is 13.0 Å². The van der Waals surface area contributed by atoms with Gasteiger partial charge in [-0.1, -0.05) is 0 Å². The van der Waals surface area contributed by atoms with E-state index in [0.29, 0.717) is 5.56 Å². The van der Waals surface area contributed by atoms with E-state index in [1.807, 2.05) is 24.4 Å². The van der Waals surface area contributed by atoms with E-state index in [0.717, 1.165) is 36.3 Å². The summed E-state index contributed by atoms with van der Waals surface area (Å²) in [6.45, 7) is 0.951. The fraction of sp³-hybridized carbons (Fsp3) is 0.231. The van der Waals surface area contributed by atoms with Crippen LogP contribution in [0.1, 0.15) is 22.5 Å². The van der Waals surface area contributed by atoms with Gasteiger partial charge in [0.25, 0.3) is 5.91 Å². The number of amides is 1. The summed E-state index contributed by atoms with van der Waals surface area (Å²) >= 11 is 0. The standard InChI is InChI=1S/C13H13N3O/c14-13(17)10-7-12(9-3-1-5-15-8-9)16-6-2-4-11(10)16/h1,3,5,7-8H,2,4,6H2,(H2,14,17). The number of carbonyl (C=O) groups excluding carboxylic acids is 1. The maximum Gasteiger partial charge on any atom is 0.250 e. The smallest absolute Gasteiger partial charge is 0.250 e. The molecule has 0 aliphatic carbocycles. The number of hydrogen-bond acceptors (Lipinski definition) is 2. The van der Waals surface area contributed by atoms with E-state index in [1.165, 1.54) is 0 Å². The highest BCUT2D eigenvalue weighted by atomic mass is 16.1. The van der Waals surface area contributed by atoms with Crippen LogP contribution in [0.4, 0.5) is 0 Å². The fourth-order valence-electron chi connectivity index (χ4n) is 2.49. The van der Waals surface area contributed by atoms with E-state index in [1.54, 1.807) is 6.20 Å². The number of rotatable bonds is 2. The normalized spacial score (nSPS) is 13.6. The molecule has 2 aromatic rings. The fourth-order valence-corrected chi connectivity index (χ4v) is 2.49. The Labute approximate surface area is 99.1 Å². The van der Waals surface area contributed by atoms with E-state index in [-0.39, 0.29) is 5.91 Å². The third-order valence-corrected chi connectivity index (χ3v) is 3.23. The van der Waals surface area contributed by atoms with Crippen LogP contribution in [0.15, 0.2) is 30.6 Å². The number of primary amides is 1. The average Bonchev–Trinajstić information content (AvgIpc) is 2.90. The Balaban J connectivity index is 2.19. The average molecular weight is 227 g/mol. The summed E-state index contributed by atoms with van der Waals surface area (Å²) in [7, 11) is 0. The van der Waals surface area contributed by atoms with Crippen molar-refractivity contribution in [1.29, 1.82) is 0 Å². The van der Waals surface area contributed by atoms with Crippen LogP contribution in [0.2, 0.25) is 0 Å². The summed E-state index contributed by atoms with van der Waals surface area (Å²) in [5.41, 5.74) is 9.20. The van der Waals surface area contributed by atoms with Crippen molar-refractivity contribution in [3.8, 4) is 11.3 Å². The van der Waals surface area contributed by atoms with Gasteiger partial charge in [-0.25, -0.2) is 0 Å². The number of pyridine rings is 1. The molecule has 0 saturated carbocycles. The first kappa shape index (κ1) is 10.1. The molecular formula is C13H13N3O. The van der Waals surface area contributed by atoms with Crippen molar-refractivity contribution in [3.63, 3.8) is 0 Å². The lowest BCUT2D eigenvalue weighted by Crippen LogP contribution is -2.12. The van der Waals surface area contributed by atoms with Crippen LogP contribution in [0.25, 0.3) is 11.3 Å². The zero-order valence-corrected chi connectivity index (χ0v) is 9.39. The number of carbonyl (C=O) groups is 1. The molecule has 4 nitrogen and oxygen atoms in total. The molecule has 0 aromatic carbocycles. The third kappa shape index (κ3) is 1.53. The minimum absolute atomic E-state index is 0.342. The molecule has 1 aliphatic heterocycles. The van der Waals surface area contributed by atoms with Crippen molar-refractivity contribution in [2.75, 3.05) is 0 Å². The van der Waals surface area contributed by atoms with Gasteiger partial charge in [-0.05, 0) is 31.0 Å². The molecule has 3 rings (SSSR count). The zero-order chi connectivity index (χ0) is 11.8. The Hall–Kier alpha value is -2.10. The van der Waals surface area contributed by atoms with Crippen molar-refractivity contribution in [2.45, 2.75) is 19.4 Å². The van der Waals surface area contributed by atoms with Gasteiger partial charge in [0.15, 0.2) is 0 Å². The number of aromatic nitrogens is 2. The summed E-state index contributed by atoms with van der Waals surface area (Å²) in [4.78, 5) is 15.5. The molecule has 0 fully saturated rings. The minimum atomic E-state index is -0.342. The van der Waals surface area contributed by atoms with Gasteiger partial charge in [-0.2, -0.15) is 0 Å². The van der Waals surface area contributed by atoms with Gasteiger partial charge in [-0.15, -0.1) is 0 Å². The molecule has 0 bridgehead atoms. The van der Waals surface area contributed by atoms with E-state index >= 15 is 0 Å². The van der Waals surface area contributed by atoms with Crippen molar-refractivity contribution in [2.24, 2.45) is 5.73 Å². The molecule has 0 unspecified atom stereocenters. The third-order valence-electron chi connectivity index (χ3n) is 3.23. The predicted molar refractivity (Wildman–Crippen MR) is 64.5 cm³/mol. The van der Waals surface area contributed by atoms with Gasteiger partial charge in [0.05, 0.1) is 11.3 Å². The minimum Gasteiger partial charge on any atom is -0.366 e. The highest BCUT2D eigenvalue weighted by molar-refractivity contribution is 5.95. The molecule has 2 N–H and O–H groups in total. The van der Waals surface area contributed by atoms with Crippen LogP contribution in [-0.4, -0.2) is 15.5 Å². The van der Waals surface area contributed by atoms with Crippen LogP contribution >= 0.6 is 0 Å². The Morgan fingerprint density at radius 3 is 3.06 bits per heavy atom. The Morgan fingerprint density at radius 1 is 1.47 bits per heavy atom.